The quantitative estimate of drug-likeness (QED) is 0.618. The second kappa shape index (κ2) is 8.16. The maximum atomic E-state index is 14.4. The lowest BCUT2D eigenvalue weighted by Crippen LogP contribution is -2.19. The van der Waals surface area contributed by atoms with E-state index in [-0.39, 0.29) is 15.8 Å². The molecule has 0 atom stereocenters. The maximum absolute atomic E-state index is 14.4. The van der Waals surface area contributed by atoms with Gasteiger partial charge >= 0.3 is 0 Å². The molecule has 32 heavy (non-hydrogen) atoms. The molecular formula is C24H24FN3O3S. The predicted octanol–water partition coefficient (Wildman–Crippen LogP) is 4.47. The molecule has 0 spiro atoms. The number of anilines is 1. The van der Waals surface area contributed by atoms with Crippen molar-refractivity contribution in [2.75, 3.05) is 5.32 Å². The van der Waals surface area contributed by atoms with Crippen molar-refractivity contribution < 1.29 is 17.6 Å². The van der Waals surface area contributed by atoms with Crippen LogP contribution in [-0.2, 0) is 22.7 Å². The highest BCUT2D eigenvalue weighted by Gasteiger charge is 2.31. The van der Waals surface area contributed by atoms with Crippen LogP contribution in [0.3, 0.4) is 0 Å². The Morgan fingerprint density at radius 1 is 1.03 bits per heavy atom. The lowest BCUT2D eigenvalue weighted by Gasteiger charge is -2.12. The molecule has 1 N–H and O–H groups in total. The van der Waals surface area contributed by atoms with Crippen LogP contribution >= 0.6 is 0 Å². The summed E-state index contributed by atoms with van der Waals surface area (Å²) in [4.78, 5) is 13.3. The molecule has 5 rings (SSSR count). The first-order chi connectivity index (χ1) is 15.4. The van der Waals surface area contributed by atoms with Gasteiger partial charge < -0.3 is 5.32 Å². The first-order valence-corrected chi connectivity index (χ1v) is 12.5. The highest BCUT2D eigenvalue weighted by molar-refractivity contribution is 7.92. The number of hydrogen-bond acceptors (Lipinski definition) is 4. The molecule has 1 heterocycles. The fourth-order valence-corrected chi connectivity index (χ4v) is 6.67. The van der Waals surface area contributed by atoms with E-state index in [1.54, 1.807) is 36.4 Å². The highest BCUT2D eigenvalue weighted by atomic mass is 32.2. The smallest absolute Gasteiger partial charge is 0.276 e. The molecule has 0 radical (unpaired) electrons. The van der Waals surface area contributed by atoms with Gasteiger partial charge in [-0.1, -0.05) is 31.0 Å². The van der Waals surface area contributed by atoms with Gasteiger partial charge in [0, 0.05) is 16.9 Å². The zero-order chi connectivity index (χ0) is 22.3. The van der Waals surface area contributed by atoms with Crippen LogP contribution in [0.15, 0.2) is 53.4 Å². The van der Waals surface area contributed by atoms with E-state index in [0.717, 1.165) is 36.9 Å². The number of carbonyl (C=O) groups excluding carboxylic acids is 1. The Hall–Kier alpha value is -3.00. The number of amides is 1. The van der Waals surface area contributed by atoms with E-state index in [9.17, 15) is 17.6 Å². The van der Waals surface area contributed by atoms with Crippen LogP contribution in [0.25, 0.3) is 5.69 Å². The van der Waals surface area contributed by atoms with E-state index >= 15 is 0 Å². The molecule has 2 aromatic carbocycles. The second-order valence-electron chi connectivity index (χ2n) is 8.42. The number of para-hydroxylation sites is 1. The monoisotopic (exact) mass is 453 g/mol. The minimum atomic E-state index is -3.42. The van der Waals surface area contributed by atoms with Crippen molar-refractivity contribution in [1.29, 1.82) is 0 Å². The summed E-state index contributed by atoms with van der Waals surface area (Å²) in [7, 11) is -3.42. The van der Waals surface area contributed by atoms with Crippen molar-refractivity contribution >= 4 is 21.4 Å². The molecule has 1 saturated carbocycles. The van der Waals surface area contributed by atoms with Crippen LogP contribution in [0.5, 0.6) is 0 Å². The summed E-state index contributed by atoms with van der Waals surface area (Å²) in [5, 5.41) is 6.88. The van der Waals surface area contributed by atoms with Crippen LogP contribution in [-0.4, -0.2) is 29.4 Å². The number of aromatic nitrogens is 2. The SMILES string of the molecule is O=C(Nc1cccc(S(=O)(=O)C2CCCC2)c1)c1nn(-c2ccccc2F)c2c1CCC2. The standard InChI is InChI=1S/C24H24FN3O3S/c25-20-12-3-4-13-22(20)28-21-14-6-11-19(21)23(27-28)24(29)26-16-7-5-10-18(15-16)32(30,31)17-8-1-2-9-17/h3-5,7,10,12-13,15,17H,1-2,6,8-9,11,14H2,(H,26,29). The van der Waals surface area contributed by atoms with Gasteiger partial charge in [0.25, 0.3) is 5.91 Å². The Morgan fingerprint density at radius 3 is 2.59 bits per heavy atom. The van der Waals surface area contributed by atoms with Crippen molar-refractivity contribution in [2.24, 2.45) is 0 Å². The Balaban J connectivity index is 1.44. The number of benzene rings is 2. The minimum absolute atomic E-state index is 0.226. The highest BCUT2D eigenvalue weighted by Crippen LogP contribution is 2.32. The number of rotatable bonds is 5. The van der Waals surface area contributed by atoms with Crippen LogP contribution in [0, 0.1) is 5.82 Å². The van der Waals surface area contributed by atoms with E-state index in [1.165, 1.54) is 16.8 Å². The van der Waals surface area contributed by atoms with Gasteiger partial charge in [-0.25, -0.2) is 17.5 Å². The van der Waals surface area contributed by atoms with Crippen molar-refractivity contribution in [1.82, 2.24) is 9.78 Å². The summed E-state index contributed by atoms with van der Waals surface area (Å²) in [5.41, 5.74) is 2.64. The van der Waals surface area contributed by atoms with Crippen molar-refractivity contribution in [3.63, 3.8) is 0 Å². The molecular weight excluding hydrogens is 429 g/mol. The number of hydrogen-bond donors (Lipinski definition) is 1. The molecule has 8 heteroatoms. The number of halogens is 1. The summed E-state index contributed by atoms with van der Waals surface area (Å²) >= 11 is 0. The molecule has 0 bridgehead atoms. The minimum Gasteiger partial charge on any atom is -0.321 e. The molecule has 6 nitrogen and oxygen atoms in total. The van der Waals surface area contributed by atoms with Gasteiger partial charge in [0.2, 0.25) is 0 Å². The first-order valence-electron chi connectivity index (χ1n) is 11.0. The van der Waals surface area contributed by atoms with Gasteiger partial charge in [0.05, 0.1) is 10.1 Å². The second-order valence-corrected chi connectivity index (χ2v) is 10.7. The predicted molar refractivity (Wildman–Crippen MR) is 119 cm³/mol. The Kier molecular flexibility index (Phi) is 5.33. The summed E-state index contributed by atoms with van der Waals surface area (Å²) in [6.07, 6.45) is 5.50. The summed E-state index contributed by atoms with van der Waals surface area (Å²) in [6, 6.07) is 12.8. The lowest BCUT2D eigenvalue weighted by atomic mass is 10.2. The van der Waals surface area contributed by atoms with Gasteiger partial charge in [0.15, 0.2) is 15.5 Å². The topological polar surface area (TPSA) is 81.1 Å². The summed E-state index contributed by atoms with van der Waals surface area (Å²) in [5.74, 6) is -0.824. The van der Waals surface area contributed by atoms with Gasteiger partial charge in [-0.15, -0.1) is 0 Å². The maximum Gasteiger partial charge on any atom is 0.276 e. The third-order valence-corrected chi connectivity index (χ3v) is 8.65. The Morgan fingerprint density at radius 2 is 1.81 bits per heavy atom. The number of fused-ring (bicyclic) bond motifs is 1. The average Bonchev–Trinajstić information content (AvgIpc) is 3.53. The van der Waals surface area contributed by atoms with E-state index < -0.39 is 21.6 Å². The Bertz CT molecular complexity index is 1290. The molecule has 1 fully saturated rings. The molecule has 3 aromatic rings. The third kappa shape index (κ3) is 3.62. The van der Waals surface area contributed by atoms with Crippen molar-refractivity contribution in [3.05, 3.63) is 71.3 Å². The summed E-state index contributed by atoms with van der Waals surface area (Å²) in [6.45, 7) is 0. The molecule has 0 aliphatic heterocycles. The molecule has 1 amide bonds. The molecule has 0 saturated heterocycles. The van der Waals surface area contributed by atoms with Gasteiger partial charge in [-0.3, -0.25) is 4.79 Å². The van der Waals surface area contributed by atoms with E-state index in [2.05, 4.69) is 10.4 Å². The molecule has 0 unspecified atom stereocenters. The molecule has 166 valence electrons. The molecule has 1 aromatic heterocycles. The van der Waals surface area contributed by atoms with Crippen LogP contribution in [0.4, 0.5) is 10.1 Å². The number of carbonyl (C=O) groups is 1. The number of nitrogens with one attached hydrogen (secondary N) is 1. The zero-order valence-corrected chi connectivity index (χ0v) is 18.4. The van der Waals surface area contributed by atoms with Crippen LogP contribution in [0.2, 0.25) is 0 Å². The number of sulfone groups is 1. The van der Waals surface area contributed by atoms with E-state index in [0.29, 0.717) is 30.6 Å². The van der Waals surface area contributed by atoms with E-state index in [1.807, 2.05) is 0 Å². The first kappa shape index (κ1) is 20.9. The molecule has 2 aliphatic rings. The van der Waals surface area contributed by atoms with Crippen molar-refractivity contribution in [2.45, 2.75) is 55.1 Å². The van der Waals surface area contributed by atoms with Gasteiger partial charge in [-0.05, 0) is 62.4 Å². The fourth-order valence-electron chi connectivity index (χ4n) is 4.77. The summed E-state index contributed by atoms with van der Waals surface area (Å²) < 4.78 is 41.7. The zero-order valence-electron chi connectivity index (χ0n) is 17.6. The van der Waals surface area contributed by atoms with Gasteiger partial charge in [0.1, 0.15) is 11.5 Å². The average molecular weight is 454 g/mol. The van der Waals surface area contributed by atoms with Gasteiger partial charge in [-0.2, -0.15) is 5.10 Å². The van der Waals surface area contributed by atoms with Crippen LogP contribution < -0.4 is 5.32 Å². The lowest BCUT2D eigenvalue weighted by molar-refractivity contribution is 0.102. The number of nitrogens with zero attached hydrogens (tertiary/aromatic N) is 2. The largest absolute Gasteiger partial charge is 0.321 e. The third-order valence-electron chi connectivity index (χ3n) is 6.39. The van der Waals surface area contributed by atoms with Crippen molar-refractivity contribution in [3.8, 4) is 5.69 Å². The van der Waals surface area contributed by atoms with Crippen LogP contribution in [0.1, 0.15) is 53.8 Å². The van der Waals surface area contributed by atoms with E-state index in [4.69, 9.17) is 0 Å². The normalized spacial score (nSPS) is 16.3. The fraction of sp³-hybridized carbons (Fsp3) is 0.333. The Labute approximate surface area is 186 Å². The molecule has 2 aliphatic carbocycles.